The smallest absolute Gasteiger partial charge is 0.431 e. The molecule has 29 heavy (non-hydrogen) atoms. The Kier molecular flexibility index (Phi) is 5.09. The van der Waals surface area contributed by atoms with Crippen LogP contribution in [0.4, 0.5) is 17.6 Å². The Morgan fingerprint density at radius 2 is 1.83 bits per heavy atom. The van der Waals surface area contributed by atoms with Gasteiger partial charge in [0, 0.05) is 25.4 Å². The van der Waals surface area contributed by atoms with Crippen LogP contribution >= 0.6 is 11.6 Å². The van der Waals surface area contributed by atoms with Crippen molar-refractivity contribution < 1.29 is 27.4 Å². The third-order valence-electron chi connectivity index (χ3n) is 3.81. The van der Waals surface area contributed by atoms with E-state index in [1.165, 1.54) is 18.3 Å². The minimum Gasteiger partial charge on any atom is -0.450 e. The van der Waals surface area contributed by atoms with E-state index in [1.807, 2.05) is 0 Å². The first kappa shape index (κ1) is 20.4. The van der Waals surface area contributed by atoms with Crippen molar-refractivity contribution in [3.8, 4) is 23.1 Å². The van der Waals surface area contributed by atoms with E-state index in [0.29, 0.717) is 6.07 Å². The number of ether oxygens (including phenoxy) is 1. The molecule has 0 amide bonds. The first-order valence-corrected chi connectivity index (χ1v) is 8.08. The van der Waals surface area contributed by atoms with Crippen LogP contribution in [0, 0.1) is 5.82 Å². The number of halogens is 5. The van der Waals surface area contributed by atoms with Crippen molar-refractivity contribution in [2.24, 2.45) is 7.05 Å². The number of benzene rings is 1. The molecule has 1 radical (unpaired) electrons. The van der Waals surface area contributed by atoms with Gasteiger partial charge >= 0.3 is 17.7 Å². The second-order valence-corrected chi connectivity index (χ2v) is 6.09. The average Bonchev–Trinajstić information content (AvgIpc) is 2.62. The summed E-state index contributed by atoms with van der Waals surface area (Å²) in [5.41, 5.74) is -5.07. The normalized spacial score (nSPS) is 11.5. The first-order valence-electron chi connectivity index (χ1n) is 7.70. The summed E-state index contributed by atoms with van der Waals surface area (Å²) in [5.74, 6) is -2.53. The van der Waals surface area contributed by atoms with Crippen LogP contribution in [0.2, 0.25) is 5.02 Å². The van der Waals surface area contributed by atoms with Crippen molar-refractivity contribution in [2.45, 2.75) is 6.18 Å². The Hall–Kier alpha value is -3.34. The van der Waals surface area contributed by atoms with Crippen LogP contribution in [0.1, 0.15) is 5.69 Å². The zero-order valence-corrected chi connectivity index (χ0v) is 15.1. The fourth-order valence-corrected chi connectivity index (χ4v) is 2.65. The molecule has 0 atom stereocenters. The van der Waals surface area contributed by atoms with Crippen molar-refractivity contribution in [3.63, 3.8) is 0 Å². The van der Waals surface area contributed by atoms with Crippen LogP contribution in [-0.2, 0) is 18.3 Å². The van der Waals surface area contributed by atoms with Crippen LogP contribution in [0.5, 0.6) is 17.4 Å². The molecule has 0 aliphatic carbocycles. The summed E-state index contributed by atoms with van der Waals surface area (Å²) in [4.78, 5) is 28.0. The number of hydrogen-bond acceptors (Lipinski definition) is 4. The van der Waals surface area contributed by atoms with Crippen molar-refractivity contribution in [3.05, 3.63) is 73.9 Å². The lowest BCUT2D eigenvalue weighted by Gasteiger charge is -2.15. The van der Waals surface area contributed by atoms with Gasteiger partial charge in [0.25, 0.3) is 5.56 Å². The average molecular weight is 431 g/mol. The van der Waals surface area contributed by atoms with E-state index < -0.39 is 40.5 Å². The van der Waals surface area contributed by atoms with Gasteiger partial charge in [0.15, 0.2) is 5.75 Å². The SMILES string of the molecule is Cn1c(C(F)(F)F)cc(=O)n(-c2cc(Oc3cccnc3[O])c(Cl)cc2F)c1=O. The van der Waals surface area contributed by atoms with Crippen LogP contribution in [0.3, 0.4) is 0 Å². The predicted octanol–water partition coefficient (Wildman–Crippen LogP) is 3.68. The largest absolute Gasteiger partial charge is 0.450 e. The summed E-state index contributed by atoms with van der Waals surface area (Å²) in [6.07, 6.45) is -3.76. The second kappa shape index (κ2) is 7.24. The maximum Gasteiger partial charge on any atom is 0.431 e. The van der Waals surface area contributed by atoms with Crippen molar-refractivity contribution in [1.82, 2.24) is 14.1 Å². The van der Waals surface area contributed by atoms with Crippen LogP contribution in [-0.4, -0.2) is 14.1 Å². The van der Waals surface area contributed by atoms with Crippen LogP contribution in [0.15, 0.2) is 46.1 Å². The Balaban J connectivity index is 2.20. The number of nitrogens with zero attached hydrogens (tertiary/aromatic N) is 3. The number of hydrogen-bond donors (Lipinski definition) is 0. The zero-order valence-electron chi connectivity index (χ0n) is 14.3. The number of pyridine rings is 1. The number of aromatic nitrogens is 3. The molecular weight excluding hydrogens is 422 g/mol. The van der Waals surface area contributed by atoms with Gasteiger partial charge in [0.1, 0.15) is 17.3 Å². The lowest BCUT2D eigenvalue weighted by atomic mass is 10.2. The lowest BCUT2D eigenvalue weighted by molar-refractivity contribution is -0.144. The van der Waals surface area contributed by atoms with Crippen molar-refractivity contribution in [1.29, 1.82) is 0 Å². The van der Waals surface area contributed by atoms with E-state index in [9.17, 15) is 32.3 Å². The molecule has 0 unspecified atom stereocenters. The Morgan fingerprint density at radius 3 is 2.45 bits per heavy atom. The molecular formula is C17H9ClF4N3O4. The highest BCUT2D eigenvalue weighted by molar-refractivity contribution is 6.32. The van der Waals surface area contributed by atoms with E-state index >= 15 is 0 Å². The Labute approximate surface area is 164 Å². The molecule has 0 fully saturated rings. The molecule has 0 aliphatic heterocycles. The highest BCUT2D eigenvalue weighted by Gasteiger charge is 2.35. The van der Waals surface area contributed by atoms with E-state index in [0.717, 1.165) is 13.1 Å². The molecule has 7 nitrogen and oxygen atoms in total. The summed E-state index contributed by atoms with van der Waals surface area (Å²) in [6.45, 7) is 0. The van der Waals surface area contributed by atoms with Gasteiger partial charge in [-0.1, -0.05) is 11.6 Å². The fourth-order valence-electron chi connectivity index (χ4n) is 2.46. The molecule has 0 aliphatic rings. The predicted molar refractivity (Wildman–Crippen MR) is 91.7 cm³/mol. The number of alkyl halides is 3. The third kappa shape index (κ3) is 3.81. The molecule has 0 saturated carbocycles. The Morgan fingerprint density at radius 1 is 1.14 bits per heavy atom. The van der Waals surface area contributed by atoms with Gasteiger partial charge in [-0.05, 0) is 18.2 Å². The molecule has 2 heterocycles. The minimum atomic E-state index is -4.97. The van der Waals surface area contributed by atoms with Gasteiger partial charge in [-0.25, -0.2) is 18.7 Å². The summed E-state index contributed by atoms with van der Waals surface area (Å²) in [7, 11) is 0.783. The molecule has 0 spiro atoms. The molecule has 0 saturated heterocycles. The minimum absolute atomic E-state index is 0.160. The summed E-state index contributed by atoms with van der Waals surface area (Å²) < 4.78 is 58.9. The van der Waals surface area contributed by atoms with E-state index in [2.05, 4.69) is 4.98 Å². The van der Waals surface area contributed by atoms with Gasteiger partial charge in [0.05, 0.1) is 10.7 Å². The highest BCUT2D eigenvalue weighted by atomic mass is 35.5. The summed E-state index contributed by atoms with van der Waals surface area (Å²) in [6, 6.07) is 4.30. The Bertz CT molecular complexity index is 1220. The molecule has 2 aromatic heterocycles. The standard InChI is InChI=1S/C17H9ClF4N3O4/c1-24-13(17(20,21)22)7-14(26)25(16(24)28)10-6-12(8(18)5-9(10)19)29-11-3-2-4-23-15(11)27/h2-7H,1H3. The highest BCUT2D eigenvalue weighted by Crippen LogP contribution is 2.35. The van der Waals surface area contributed by atoms with Crippen molar-refractivity contribution in [2.75, 3.05) is 0 Å². The van der Waals surface area contributed by atoms with Gasteiger partial charge < -0.3 is 4.74 Å². The van der Waals surface area contributed by atoms with E-state index in [4.69, 9.17) is 16.3 Å². The topological polar surface area (TPSA) is 86.0 Å². The lowest BCUT2D eigenvalue weighted by Crippen LogP contribution is -2.41. The van der Waals surface area contributed by atoms with Crippen LogP contribution in [0.25, 0.3) is 5.69 Å². The molecule has 12 heteroatoms. The maximum absolute atomic E-state index is 14.4. The molecule has 1 aromatic carbocycles. The zero-order chi connectivity index (χ0) is 21.5. The molecule has 151 valence electrons. The third-order valence-corrected chi connectivity index (χ3v) is 4.10. The summed E-state index contributed by atoms with van der Waals surface area (Å²) in [5, 5.41) is 11.4. The van der Waals surface area contributed by atoms with Crippen LogP contribution < -0.4 is 16.0 Å². The quantitative estimate of drug-likeness (QED) is 0.593. The first-order chi connectivity index (χ1) is 13.5. The molecule has 0 N–H and O–H groups in total. The second-order valence-electron chi connectivity index (χ2n) is 5.69. The van der Waals surface area contributed by atoms with Gasteiger partial charge in [-0.15, -0.1) is 0 Å². The van der Waals surface area contributed by atoms with Gasteiger partial charge in [-0.2, -0.15) is 13.2 Å². The summed E-state index contributed by atoms with van der Waals surface area (Å²) >= 11 is 5.88. The van der Waals surface area contributed by atoms with Gasteiger partial charge in [0.2, 0.25) is 0 Å². The van der Waals surface area contributed by atoms with Crippen molar-refractivity contribution >= 4 is 11.6 Å². The maximum atomic E-state index is 14.4. The monoisotopic (exact) mass is 430 g/mol. The molecule has 3 aromatic rings. The van der Waals surface area contributed by atoms with Gasteiger partial charge in [-0.3, -0.25) is 14.5 Å². The fraction of sp³-hybridized carbons (Fsp3) is 0.118. The van der Waals surface area contributed by atoms with E-state index in [-0.39, 0.29) is 31.7 Å². The molecule has 3 rings (SSSR count). The van der Waals surface area contributed by atoms with E-state index in [1.54, 1.807) is 0 Å². The number of rotatable bonds is 3. The molecule has 0 bridgehead atoms.